The first kappa shape index (κ1) is 18.9. The highest BCUT2D eigenvalue weighted by atomic mass is 19.1. The minimum atomic E-state index is -0.887. The number of fused-ring (bicyclic) bond motifs is 1. The number of hydrogen-bond acceptors (Lipinski definition) is 2. The van der Waals surface area contributed by atoms with Gasteiger partial charge in [-0.25, -0.2) is 9.18 Å². The van der Waals surface area contributed by atoms with Gasteiger partial charge in [0.2, 0.25) is 0 Å². The number of halogens is 1. The number of nitrogens with one attached hydrogen (secondary N) is 2. The Morgan fingerprint density at radius 3 is 2.70 bits per heavy atom. The molecule has 0 spiro atoms. The predicted octanol–water partition coefficient (Wildman–Crippen LogP) is 3.59. The molecule has 3 N–H and O–H groups in total. The molecule has 2 atom stereocenters. The normalized spacial score (nSPS) is 16.4. The van der Waals surface area contributed by atoms with Crippen LogP contribution >= 0.6 is 0 Å². The maximum Gasteiger partial charge on any atom is 0.315 e. The zero-order valence-corrected chi connectivity index (χ0v) is 15.0. The van der Waals surface area contributed by atoms with Gasteiger partial charge in [-0.3, -0.25) is 4.79 Å². The van der Waals surface area contributed by atoms with E-state index in [9.17, 15) is 14.0 Å². The second kappa shape index (κ2) is 8.66. The first-order valence-electron chi connectivity index (χ1n) is 9.12. The summed E-state index contributed by atoms with van der Waals surface area (Å²) in [5, 5.41) is 14.8. The molecule has 1 aliphatic carbocycles. The van der Waals surface area contributed by atoms with Crippen LogP contribution in [0, 0.1) is 5.82 Å². The van der Waals surface area contributed by atoms with Crippen molar-refractivity contribution in [1.29, 1.82) is 0 Å². The van der Waals surface area contributed by atoms with E-state index >= 15 is 0 Å². The molecule has 0 aromatic heterocycles. The highest BCUT2D eigenvalue weighted by Crippen LogP contribution is 2.31. The van der Waals surface area contributed by atoms with Crippen LogP contribution in [0.3, 0.4) is 0 Å². The standard InChI is InChI=1S/C21H23FN2O3/c22-16-7-9-18-15(13-16)6-10-19(18)24-21(27)23-17(8-11-20(25)26)12-14-4-2-1-3-5-14/h1-5,7,9,13,17,19H,6,8,10-12H2,(H,25,26)(H2,23,24,27). The van der Waals surface area contributed by atoms with Gasteiger partial charge >= 0.3 is 12.0 Å². The van der Waals surface area contributed by atoms with Crippen molar-refractivity contribution in [1.82, 2.24) is 10.6 Å². The van der Waals surface area contributed by atoms with Gasteiger partial charge in [0.1, 0.15) is 5.82 Å². The quantitative estimate of drug-likeness (QED) is 0.697. The Bertz CT molecular complexity index is 810. The fraction of sp³-hybridized carbons (Fsp3) is 0.333. The minimum absolute atomic E-state index is 0.0106. The molecule has 2 aromatic carbocycles. The van der Waals surface area contributed by atoms with E-state index < -0.39 is 5.97 Å². The Morgan fingerprint density at radius 2 is 1.96 bits per heavy atom. The van der Waals surface area contributed by atoms with Gasteiger partial charge in [-0.1, -0.05) is 36.4 Å². The lowest BCUT2D eigenvalue weighted by Crippen LogP contribution is -2.44. The summed E-state index contributed by atoms with van der Waals surface area (Å²) in [5.74, 6) is -1.16. The molecule has 6 heteroatoms. The molecule has 0 fully saturated rings. The van der Waals surface area contributed by atoms with Gasteiger partial charge in [0, 0.05) is 12.5 Å². The van der Waals surface area contributed by atoms with Crippen molar-refractivity contribution >= 4 is 12.0 Å². The third-order valence-electron chi connectivity index (χ3n) is 4.85. The molecule has 2 unspecified atom stereocenters. The molecule has 0 bridgehead atoms. The van der Waals surface area contributed by atoms with Crippen LogP contribution in [0.15, 0.2) is 48.5 Å². The zero-order valence-electron chi connectivity index (χ0n) is 15.0. The summed E-state index contributed by atoms with van der Waals surface area (Å²) in [7, 11) is 0. The molecule has 2 amide bonds. The van der Waals surface area contributed by atoms with E-state index in [1.165, 1.54) is 12.1 Å². The lowest BCUT2D eigenvalue weighted by molar-refractivity contribution is -0.137. The zero-order chi connectivity index (χ0) is 19.2. The van der Waals surface area contributed by atoms with E-state index in [4.69, 9.17) is 5.11 Å². The third kappa shape index (κ3) is 5.29. The highest BCUT2D eigenvalue weighted by molar-refractivity contribution is 5.75. The van der Waals surface area contributed by atoms with Gasteiger partial charge in [-0.05, 0) is 54.5 Å². The number of carboxylic acids is 1. The monoisotopic (exact) mass is 370 g/mol. The summed E-state index contributed by atoms with van der Waals surface area (Å²) in [6.45, 7) is 0. The number of urea groups is 1. The summed E-state index contributed by atoms with van der Waals surface area (Å²) >= 11 is 0. The van der Waals surface area contributed by atoms with Crippen molar-refractivity contribution in [3.05, 3.63) is 71.0 Å². The molecule has 1 aliphatic rings. The van der Waals surface area contributed by atoms with E-state index in [1.54, 1.807) is 6.07 Å². The van der Waals surface area contributed by atoms with Gasteiger partial charge < -0.3 is 15.7 Å². The first-order valence-corrected chi connectivity index (χ1v) is 9.12. The predicted molar refractivity (Wildman–Crippen MR) is 99.9 cm³/mol. The average molecular weight is 370 g/mol. The molecule has 0 aliphatic heterocycles. The van der Waals surface area contributed by atoms with Crippen LogP contribution in [-0.2, 0) is 17.6 Å². The Hall–Kier alpha value is -2.89. The number of benzene rings is 2. The lowest BCUT2D eigenvalue weighted by Gasteiger charge is -2.21. The number of carbonyl (C=O) groups is 2. The third-order valence-corrected chi connectivity index (χ3v) is 4.85. The van der Waals surface area contributed by atoms with Gasteiger partial charge in [0.25, 0.3) is 0 Å². The fourth-order valence-electron chi connectivity index (χ4n) is 3.54. The smallest absolute Gasteiger partial charge is 0.315 e. The van der Waals surface area contributed by atoms with Crippen molar-refractivity contribution in [3.63, 3.8) is 0 Å². The van der Waals surface area contributed by atoms with E-state index in [1.807, 2.05) is 30.3 Å². The summed E-state index contributed by atoms with van der Waals surface area (Å²) in [4.78, 5) is 23.4. The number of aliphatic carboxylic acids is 1. The maximum absolute atomic E-state index is 13.3. The Balaban J connectivity index is 1.61. The van der Waals surface area contributed by atoms with Crippen LogP contribution in [0.25, 0.3) is 0 Å². The molecule has 0 saturated heterocycles. The van der Waals surface area contributed by atoms with Gasteiger partial charge in [-0.2, -0.15) is 0 Å². The fourth-order valence-corrected chi connectivity index (χ4v) is 3.54. The number of rotatable bonds is 7. The van der Waals surface area contributed by atoms with Crippen LogP contribution in [0.1, 0.15) is 42.0 Å². The molecule has 142 valence electrons. The summed E-state index contributed by atoms with van der Waals surface area (Å²) < 4.78 is 13.3. The van der Waals surface area contributed by atoms with E-state index in [0.29, 0.717) is 12.8 Å². The molecule has 3 rings (SSSR count). The molecular weight excluding hydrogens is 347 g/mol. The van der Waals surface area contributed by atoms with Crippen molar-refractivity contribution in [3.8, 4) is 0 Å². The highest BCUT2D eigenvalue weighted by Gasteiger charge is 2.25. The van der Waals surface area contributed by atoms with Crippen molar-refractivity contribution < 1.29 is 19.1 Å². The molecular formula is C21H23FN2O3. The molecule has 0 saturated carbocycles. The number of amides is 2. The SMILES string of the molecule is O=C(O)CCC(Cc1ccccc1)NC(=O)NC1CCc2cc(F)ccc21. The van der Waals surface area contributed by atoms with Crippen LogP contribution < -0.4 is 10.6 Å². The van der Waals surface area contributed by atoms with Gasteiger partial charge in [0.15, 0.2) is 0 Å². The molecule has 27 heavy (non-hydrogen) atoms. The maximum atomic E-state index is 13.3. The van der Waals surface area contributed by atoms with Gasteiger partial charge in [0.05, 0.1) is 6.04 Å². The molecule has 0 radical (unpaired) electrons. The van der Waals surface area contributed by atoms with Crippen LogP contribution in [-0.4, -0.2) is 23.1 Å². The molecule has 2 aromatic rings. The molecule has 5 nitrogen and oxygen atoms in total. The van der Waals surface area contributed by atoms with E-state index in [-0.39, 0.29) is 30.4 Å². The number of aryl methyl sites for hydroxylation is 1. The van der Waals surface area contributed by atoms with Crippen LogP contribution in [0.4, 0.5) is 9.18 Å². The molecule has 0 heterocycles. The Kier molecular flexibility index (Phi) is 6.06. The number of hydrogen-bond donors (Lipinski definition) is 3. The summed E-state index contributed by atoms with van der Waals surface area (Å²) in [6.07, 6.45) is 2.36. The average Bonchev–Trinajstić information content (AvgIpc) is 3.02. The van der Waals surface area contributed by atoms with Crippen LogP contribution in [0.2, 0.25) is 0 Å². The van der Waals surface area contributed by atoms with Crippen molar-refractivity contribution in [2.75, 3.05) is 0 Å². The second-order valence-corrected chi connectivity index (χ2v) is 6.87. The Morgan fingerprint density at radius 1 is 1.19 bits per heavy atom. The van der Waals surface area contributed by atoms with Crippen molar-refractivity contribution in [2.24, 2.45) is 0 Å². The minimum Gasteiger partial charge on any atom is -0.481 e. The van der Waals surface area contributed by atoms with Gasteiger partial charge in [-0.15, -0.1) is 0 Å². The number of carbonyl (C=O) groups excluding carboxylic acids is 1. The van der Waals surface area contributed by atoms with Crippen LogP contribution in [0.5, 0.6) is 0 Å². The lowest BCUT2D eigenvalue weighted by atomic mass is 10.0. The largest absolute Gasteiger partial charge is 0.481 e. The second-order valence-electron chi connectivity index (χ2n) is 6.87. The summed E-state index contributed by atoms with van der Waals surface area (Å²) in [5.41, 5.74) is 2.90. The van der Waals surface area contributed by atoms with Crippen molar-refractivity contribution in [2.45, 2.75) is 44.2 Å². The topological polar surface area (TPSA) is 78.4 Å². The first-order chi connectivity index (χ1) is 13.0. The van der Waals surface area contributed by atoms with E-state index in [2.05, 4.69) is 10.6 Å². The van der Waals surface area contributed by atoms with E-state index in [0.717, 1.165) is 29.5 Å². The summed E-state index contributed by atoms with van der Waals surface area (Å²) in [6, 6.07) is 13.5. The Labute approximate surface area is 157 Å². The number of carboxylic acid groups (broad SMARTS) is 1.